The summed E-state index contributed by atoms with van der Waals surface area (Å²) in [5, 5.41) is 2.88. The summed E-state index contributed by atoms with van der Waals surface area (Å²) in [6.07, 6.45) is -2.52. The normalized spacial score (nSPS) is 15.6. The topological polar surface area (TPSA) is 60.5 Å². The summed E-state index contributed by atoms with van der Waals surface area (Å²) in [6.45, 7) is 0.291. The molecule has 0 saturated heterocycles. The highest BCUT2D eigenvalue weighted by atomic mass is 19.4. The lowest BCUT2D eigenvalue weighted by atomic mass is 9.95. The number of halogens is 3. The van der Waals surface area contributed by atoms with E-state index in [9.17, 15) is 18.0 Å². The van der Waals surface area contributed by atoms with Crippen molar-refractivity contribution in [1.82, 2.24) is 10.3 Å². The van der Waals surface area contributed by atoms with Crippen LogP contribution in [0.25, 0.3) is 11.3 Å². The van der Waals surface area contributed by atoms with Crippen molar-refractivity contribution in [3.63, 3.8) is 0 Å². The van der Waals surface area contributed by atoms with Gasteiger partial charge < -0.3 is 14.8 Å². The Labute approximate surface area is 170 Å². The van der Waals surface area contributed by atoms with E-state index in [4.69, 9.17) is 4.74 Å². The van der Waals surface area contributed by atoms with E-state index in [1.807, 2.05) is 36.4 Å². The molecule has 2 heterocycles. The van der Waals surface area contributed by atoms with E-state index in [-0.39, 0.29) is 17.4 Å². The molecule has 2 aromatic carbocycles. The highest BCUT2D eigenvalue weighted by Crippen LogP contribution is 2.33. The molecular formula is C22H17F3N2O3. The highest BCUT2D eigenvalue weighted by Gasteiger charge is 2.31. The molecule has 1 aliphatic heterocycles. The number of alkyl halides is 3. The van der Waals surface area contributed by atoms with Crippen LogP contribution in [0.4, 0.5) is 13.2 Å². The third kappa shape index (κ3) is 4.53. The molecule has 1 amide bonds. The predicted molar refractivity (Wildman–Crippen MR) is 103 cm³/mol. The minimum atomic E-state index is -4.78. The molecule has 1 N–H and O–H groups in total. The quantitative estimate of drug-likeness (QED) is 0.688. The third-order valence-corrected chi connectivity index (χ3v) is 4.65. The van der Waals surface area contributed by atoms with Gasteiger partial charge in [-0.15, -0.1) is 13.2 Å². The number of rotatable bonds is 4. The van der Waals surface area contributed by atoms with Gasteiger partial charge in [0.1, 0.15) is 18.1 Å². The van der Waals surface area contributed by atoms with Crippen LogP contribution in [0.5, 0.6) is 11.5 Å². The van der Waals surface area contributed by atoms with Gasteiger partial charge in [0.05, 0.1) is 11.7 Å². The van der Waals surface area contributed by atoms with E-state index in [0.717, 1.165) is 34.7 Å². The molecule has 1 aliphatic rings. The number of hydrogen-bond acceptors (Lipinski definition) is 4. The van der Waals surface area contributed by atoms with Crippen molar-refractivity contribution in [3.05, 3.63) is 78.0 Å². The lowest BCUT2D eigenvalue weighted by Gasteiger charge is -2.27. The number of hydrogen-bond donors (Lipinski definition) is 1. The second kappa shape index (κ2) is 8.06. The number of carbonyl (C=O) groups excluding carboxylic acids is 1. The Balaban J connectivity index is 1.47. The van der Waals surface area contributed by atoms with Gasteiger partial charge in [0.15, 0.2) is 0 Å². The number of aromatic nitrogens is 1. The molecule has 1 aromatic heterocycles. The zero-order valence-electron chi connectivity index (χ0n) is 15.6. The molecule has 0 fully saturated rings. The molecule has 0 radical (unpaired) electrons. The molecular weight excluding hydrogens is 397 g/mol. The number of amides is 1. The second-order valence-electron chi connectivity index (χ2n) is 6.75. The van der Waals surface area contributed by atoms with Crippen LogP contribution in [-0.4, -0.2) is 29.9 Å². The fraction of sp³-hybridized carbons (Fsp3) is 0.182. The maximum Gasteiger partial charge on any atom is 0.573 e. The predicted octanol–water partition coefficient (Wildman–Crippen LogP) is 4.38. The fourth-order valence-electron chi connectivity index (χ4n) is 3.34. The van der Waals surface area contributed by atoms with Crippen LogP contribution in [0, 0.1) is 0 Å². The third-order valence-electron chi connectivity index (χ3n) is 4.65. The van der Waals surface area contributed by atoms with Crippen molar-refractivity contribution in [2.24, 2.45) is 0 Å². The zero-order valence-corrected chi connectivity index (χ0v) is 15.6. The van der Waals surface area contributed by atoms with Gasteiger partial charge >= 0.3 is 6.36 Å². The van der Waals surface area contributed by atoms with Crippen LogP contribution < -0.4 is 14.8 Å². The minimum Gasteiger partial charge on any atom is -0.491 e. The van der Waals surface area contributed by atoms with Crippen LogP contribution in [0.2, 0.25) is 0 Å². The van der Waals surface area contributed by atoms with Gasteiger partial charge in [0, 0.05) is 29.3 Å². The van der Waals surface area contributed by atoms with Crippen LogP contribution >= 0.6 is 0 Å². The van der Waals surface area contributed by atoms with Crippen molar-refractivity contribution in [3.8, 4) is 22.8 Å². The number of nitrogens with one attached hydrogen (secondary N) is 1. The summed E-state index contributed by atoms with van der Waals surface area (Å²) in [4.78, 5) is 16.9. The largest absolute Gasteiger partial charge is 0.573 e. The van der Waals surface area contributed by atoms with Crippen molar-refractivity contribution in [2.45, 2.75) is 18.8 Å². The second-order valence-corrected chi connectivity index (χ2v) is 6.75. The van der Waals surface area contributed by atoms with Gasteiger partial charge in [-0.1, -0.05) is 18.2 Å². The lowest BCUT2D eigenvalue weighted by molar-refractivity contribution is -0.274. The number of fused-ring (bicyclic) bond motifs is 1. The lowest BCUT2D eigenvalue weighted by Crippen LogP contribution is -2.42. The van der Waals surface area contributed by atoms with Crippen molar-refractivity contribution in [2.75, 3.05) is 6.61 Å². The standard InChI is InChI=1S/C22H17F3N2O3/c23-22(24,25)30-16-9-7-14(8-10-16)21(28)27-15-12-18-17(19-5-1-2-11-26-19)4-3-6-20(18)29-13-15/h1-11,15H,12-13H2,(H,27,28). The summed E-state index contributed by atoms with van der Waals surface area (Å²) < 4.78 is 46.4. The number of benzene rings is 2. The highest BCUT2D eigenvalue weighted by molar-refractivity contribution is 5.94. The van der Waals surface area contributed by atoms with Crippen molar-refractivity contribution < 1.29 is 27.4 Å². The number of nitrogens with zero attached hydrogens (tertiary/aromatic N) is 1. The Morgan fingerprint density at radius 2 is 1.87 bits per heavy atom. The summed E-state index contributed by atoms with van der Waals surface area (Å²) in [6, 6.07) is 15.9. The first-order valence-electron chi connectivity index (χ1n) is 9.22. The molecule has 3 aromatic rings. The molecule has 1 atom stereocenters. The van der Waals surface area contributed by atoms with Gasteiger partial charge in [-0.05, 0) is 42.5 Å². The smallest absolute Gasteiger partial charge is 0.491 e. The van der Waals surface area contributed by atoms with Crippen molar-refractivity contribution in [1.29, 1.82) is 0 Å². The Kier molecular flexibility index (Phi) is 5.31. The number of ether oxygens (including phenoxy) is 2. The molecule has 4 rings (SSSR count). The average molecular weight is 414 g/mol. The Morgan fingerprint density at radius 3 is 2.57 bits per heavy atom. The molecule has 154 valence electrons. The van der Waals surface area contributed by atoms with E-state index in [2.05, 4.69) is 15.0 Å². The van der Waals surface area contributed by atoms with Gasteiger partial charge in [0.25, 0.3) is 5.91 Å². The van der Waals surface area contributed by atoms with E-state index in [1.165, 1.54) is 12.1 Å². The summed E-state index contributed by atoms with van der Waals surface area (Å²) in [5.41, 5.74) is 2.92. The summed E-state index contributed by atoms with van der Waals surface area (Å²) >= 11 is 0. The van der Waals surface area contributed by atoms with Crippen LogP contribution in [0.3, 0.4) is 0 Å². The minimum absolute atomic E-state index is 0.230. The van der Waals surface area contributed by atoms with Crippen LogP contribution in [0.15, 0.2) is 66.9 Å². The number of pyridine rings is 1. The van der Waals surface area contributed by atoms with Gasteiger partial charge in [-0.3, -0.25) is 9.78 Å². The molecule has 0 aliphatic carbocycles. The van der Waals surface area contributed by atoms with Gasteiger partial charge in [0.2, 0.25) is 0 Å². The Morgan fingerprint density at radius 1 is 1.07 bits per heavy atom. The SMILES string of the molecule is O=C(NC1COc2cccc(-c3ccccn3)c2C1)c1ccc(OC(F)(F)F)cc1. The van der Waals surface area contributed by atoms with Crippen molar-refractivity contribution >= 4 is 5.91 Å². The van der Waals surface area contributed by atoms with Crippen LogP contribution in [-0.2, 0) is 6.42 Å². The van der Waals surface area contributed by atoms with Gasteiger partial charge in [-0.25, -0.2) is 0 Å². The maximum absolute atomic E-state index is 12.5. The maximum atomic E-state index is 12.5. The van der Waals surface area contributed by atoms with E-state index >= 15 is 0 Å². The molecule has 5 nitrogen and oxygen atoms in total. The summed E-state index contributed by atoms with van der Waals surface area (Å²) in [7, 11) is 0. The first-order chi connectivity index (χ1) is 14.4. The molecule has 0 spiro atoms. The van der Waals surface area contributed by atoms with E-state index in [0.29, 0.717) is 13.0 Å². The fourth-order valence-corrected chi connectivity index (χ4v) is 3.34. The molecule has 0 bridgehead atoms. The monoisotopic (exact) mass is 414 g/mol. The first-order valence-corrected chi connectivity index (χ1v) is 9.22. The molecule has 1 unspecified atom stereocenters. The Bertz CT molecular complexity index is 1040. The molecule has 8 heteroatoms. The number of carbonyl (C=O) groups is 1. The zero-order chi connectivity index (χ0) is 21.1. The first kappa shape index (κ1) is 19.8. The van der Waals surface area contributed by atoms with Crippen LogP contribution in [0.1, 0.15) is 15.9 Å². The van der Waals surface area contributed by atoms with E-state index in [1.54, 1.807) is 6.20 Å². The van der Waals surface area contributed by atoms with Gasteiger partial charge in [-0.2, -0.15) is 0 Å². The Hall–Kier alpha value is -3.55. The molecule has 30 heavy (non-hydrogen) atoms. The molecule has 0 saturated carbocycles. The van der Waals surface area contributed by atoms with E-state index < -0.39 is 12.3 Å². The average Bonchev–Trinajstić information content (AvgIpc) is 2.73. The summed E-state index contributed by atoms with van der Waals surface area (Å²) in [5.74, 6) is -0.0350.